The summed E-state index contributed by atoms with van der Waals surface area (Å²) in [6, 6.07) is 6.68. The molecule has 3 aliphatic rings. The van der Waals surface area contributed by atoms with Gasteiger partial charge in [-0.2, -0.15) is 5.10 Å². The monoisotopic (exact) mass is 406 g/mol. The Balaban J connectivity index is 1.17. The van der Waals surface area contributed by atoms with Gasteiger partial charge >= 0.3 is 0 Å². The predicted octanol–water partition coefficient (Wildman–Crippen LogP) is 4.95. The van der Waals surface area contributed by atoms with Crippen LogP contribution in [0, 0.1) is 5.92 Å². The first-order valence-corrected chi connectivity index (χ1v) is 11.8. The van der Waals surface area contributed by atoms with Gasteiger partial charge in [0, 0.05) is 30.4 Å². The fraction of sp³-hybridized carbons (Fsp3) is 0.560. The van der Waals surface area contributed by atoms with Gasteiger partial charge in [0.25, 0.3) is 0 Å². The van der Waals surface area contributed by atoms with E-state index < -0.39 is 0 Å². The predicted molar refractivity (Wildman–Crippen MR) is 123 cm³/mol. The van der Waals surface area contributed by atoms with Crippen LogP contribution >= 0.6 is 0 Å². The fourth-order valence-corrected chi connectivity index (χ4v) is 5.02. The number of rotatable bonds is 7. The number of benzene rings is 1. The minimum absolute atomic E-state index is 0.746. The van der Waals surface area contributed by atoms with E-state index in [0.717, 1.165) is 37.9 Å². The van der Waals surface area contributed by atoms with Gasteiger partial charge in [0.05, 0.1) is 24.9 Å². The summed E-state index contributed by atoms with van der Waals surface area (Å²) < 4.78 is 8.23. The number of allylic oxidation sites excluding steroid dienone is 1. The van der Waals surface area contributed by atoms with Crippen LogP contribution in [0.5, 0.6) is 0 Å². The minimum Gasteiger partial charge on any atom is -0.494 e. The molecular weight excluding hydrogens is 372 g/mol. The lowest BCUT2D eigenvalue weighted by atomic mass is 9.90. The van der Waals surface area contributed by atoms with Crippen molar-refractivity contribution < 1.29 is 4.74 Å². The van der Waals surface area contributed by atoms with Crippen LogP contribution in [-0.4, -0.2) is 47.5 Å². The molecule has 5 heteroatoms. The zero-order chi connectivity index (χ0) is 20.2. The van der Waals surface area contributed by atoms with Crippen molar-refractivity contribution in [3.63, 3.8) is 0 Å². The first kappa shape index (κ1) is 19.7. The Labute approximate surface area is 180 Å². The van der Waals surface area contributed by atoms with Gasteiger partial charge in [-0.3, -0.25) is 4.68 Å². The summed E-state index contributed by atoms with van der Waals surface area (Å²) in [5, 5.41) is 5.86. The van der Waals surface area contributed by atoms with Crippen LogP contribution in [-0.2, 0) is 11.3 Å². The van der Waals surface area contributed by atoms with Crippen molar-refractivity contribution in [2.75, 3.05) is 37.7 Å². The highest BCUT2D eigenvalue weighted by Crippen LogP contribution is 2.27. The maximum absolute atomic E-state index is 6.08. The molecule has 160 valence electrons. The number of likely N-dealkylation sites (tertiary alicyclic amines) is 1. The van der Waals surface area contributed by atoms with E-state index in [1.165, 1.54) is 74.6 Å². The Morgan fingerprint density at radius 3 is 2.67 bits per heavy atom. The Morgan fingerprint density at radius 1 is 1.00 bits per heavy atom. The molecule has 1 saturated carbocycles. The van der Waals surface area contributed by atoms with Gasteiger partial charge in [-0.15, -0.1) is 0 Å². The highest BCUT2D eigenvalue weighted by atomic mass is 16.5. The lowest BCUT2D eigenvalue weighted by molar-refractivity contribution is 0.149. The zero-order valence-electron chi connectivity index (χ0n) is 18.0. The van der Waals surface area contributed by atoms with Gasteiger partial charge in [0.15, 0.2) is 0 Å². The molecule has 2 aliphatic heterocycles. The van der Waals surface area contributed by atoms with Crippen LogP contribution in [0.25, 0.3) is 10.9 Å². The van der Waals surface area contributed by atoms with Crippen molar-refractivity contribution >= 4 is 16.6 Å². The second kappa shape index (κ2) is 9.25. The second-order valence-corrected chi connectivity index (χ2v) is 9.05. The highest BCUT2D eigenvalue weighted by Gasteiger charge is 2.16. The van der Waals surface area contributed by atoms with E-state index in [2.05, 4.69) is 56.1 Å². The number of nitrogens with zero attached hydrogens (tertiary/aromatic N) is 4. The number of aromatic nitrogens is 2. The van der Waals surface area contributed by atoms with E-state index in [0.29, 0.717) is 0 Å². The Hall–Kier alpha value is -2.27. The van der Waals surface area contributed by atoms with Crippen molar-refractivity contribution in [3.8, 4) is 0 Å². The molecule has 5 rings (SSSR count). The molecule has 2 fully saturated rings. The number of hydrogen-bond acceptors (Lipinski definition) is 4. The molecule has 0 unspecified atom stereocenters. The Kier molecular flexibility index (Phi) is 6.07. The number of anilines is 1. The molecule has 0 amide bonds. The van der Waals surface area contributed by atoms with Gasteiger partial charge in [-0.05, 0) is 75.0 Å². The quantitative estimate of drug-likeness (QED) is 0.652. The van der Waals surface area contributed by atoms with Gasteiger partial charge in [0.2, 0.25) is 0 Å². The first-order valence-electron chi connectivity index (χ1n) is 11.8. The molecule has 0 bridgehead atoms. The summed E-state index contributed by atoms with van der Waals surface area (Å²) in [6.45, 7) is 6.28. The molecule has 1 aliphatic carbocycles. The third-order valence-electron chi connectivity index (χ3n) is 6.90. The summed E-state index contributed by atoms with van der Waals surface area (Å²) >= 11 is 0. The van der Waals surface area contributed by atoms with Crippen LogP contribution in [0.3, 0.4) is 0 Å². The first-order chi connectivity index (χ1) is 14.8. The molecule has 0 radical (unpaired) electrons. The van der Waals surface area contributed by atoms with E-state index in [1.807, 2.05) is 6.20 Å². The summed E-state index contributed by atoms with van der Waals surface area (Å²) in [6.07, 6.45) is 17.9. The van der Waals surface area contributed by atoms with Crippen molar-refractivity contribution in [2.45, 2.75) is 51.5 Å². The number of fused-ring (bicyclic) bond motifs is 1. The van der Waals surface area contributed by atoms with E-state index in [1.54, 1.807) is 0 Å². The van der Waals surface area contributed by atoms with Crippen LogP contribution in [0.1, 0.15) is 44.9 Å². The van der Waals surface area contributed by atoms with Crippen molar-refractivity contribution in [3.05, 3.63) is 48.5 Å². The smallest absolute Gasteiger partial charge is 0.118 e. The minimum atomic E-state index is 0.746. The summed E-state index contributed by atoms with van der Waals surface area (Å²) in [4.78, 5) is 4.81. The lowest BCUT2D eigenvalue weighted by Crippen LogP contribution is -2.24. The van der Waals surface area contributed by atoms with E-state index in [4.69, 9.17) is 4.74 Å². The summed E-state index contributed by atoms with van der Waals surface area (Å²) in [5.74, 6) is 1.77. The van der Waals surface area contributed by atoms with Crippen LogP contribution < -0.4 is 4.90 Å². The molecule has 0 atom stereocenters. The number of hydrogen-bond donors (Lipinski definition) is 0. The molecule has 3 heterocycles. The normalized spacial score (nSPS) is 20.8. The molecule has 1 aromatic carbocycles. The van der Waals surface area contributed by atoms with E-state index in [-0.39, 0.29) is 0 Å². The fourth-order valence-electron chi connectivity index (χ4n) is 5.02. The molecule has 0 N–H and O–H groups in total. The van der Waals surface area contributed by atoms with Crippen LogP contribution in [0.2, 0.25) is 0 Å². The average molecular weight is 407 g/mol. The van der Waals surface area contributed by atoms with Gasteiger partial charge in [-0.1, -0.05) is 19.3 Å². The third kappa shape index (κ3) is 4.56. The summed E-state index contributed by atoms with van der Waals surface area (Å²) in [7, 11) is 0. The second-order valence-electron chi connectivity index (χ2n) is 9.05. The van der Waals surface area contributed by atoms with Gasteiger partial charge < -0.3 is 14.5 Å². The lowest BCUT2D eigenvalue weighted by Gasteiger charge is -2.25. The molecule has 1 aromatic heterocycles. The van der Waals surface area contributed by atoms with E-state index in [9.17, 15) is 0 Å². The van der Waals surface area contributed by atoms with Crippen molar-refractivity contribution in [1.82, 2.24) is 14.7 Å². The standard InChI is InChI=1S/C25H34N4O/c1-2-6-21(7-3-1)20-30-24-10-14-28(15-11-24)23-8-9-25-22(18-23)19-26-29(25)17-16-27-12-4-5-13-27/h8-11,14,18-19,21H,1-7,12-13,15-17,20H2. The Bertz CT molecular complexity index is 903. The van der Waals surface area contributed by atoms with Crippen LogP contribution in [0.4, 0.5) is 5.69 Å². The third-order valence-corrected chi connectivity index (χ3v) is 6.90. The molecular formula is C25H34N4O. The Morgan fingerprint density at radius 2 is 1.87 bits per heavy atom. The highest BCUT2D eigenvalue weighted by molar-refractivity contribution is 5.83. The van der Waals surface area contributed by atoms with Gasteiger partial charge in [-0.25, -0.2) is 0 Å². The SMILES string of the molecule is C1=CN(c2ccc3c(cnn3CCN3CCCC3)c2)CC=C1OCC1CCCCC1. The molecule has 0 spiro atoms. The average Bonchev–Trinajstić information content (AvgIpc) is 3.47. The number of ether oxygens (including phenoxy) is 1. The zero-order valence-corrected chi connectivity index (χ0v) is 18.0. The topological polar surface area (TPSA) is 33.5 Å². The molecule has 2 aromatic rings. The maximum atomic E-state index is 6.08. The van der Waals surface area contributed by atoms with Gasteiger partial charge in [0.1, 0.15) is 5.76 Å². The largest absolute Gasteiger partial charge is 0.494 e. The molecule has 30 heavy (non-hydrogen) atoms. The maximum Gasteiger partial charge on any atom is 0.118 e. The molecule has 1 saturated heterocycles. The van der Waals surface area contributed by atoms with Crippen molar-refractivity contribution in [2.24, 2.45) is 5.92 Å². The van der Waals surface area contributed by atoms with Crippen LogP contribution in [0.15, 0.2) is 48.5 Å². The van der Waals surface area contributed by atoms with Crippen molar-refractivity contribution in [1.29, 1.82) is 0 Å². The van der Waals surface area contributed by atoms with E-state index >= 15 is 0 Å². The molecule has 5 nitrogen and oxygen atoms in total. The summed E-state index contributed by atoms with van der Waals surface area (Å²) in [5.41, 5.74) is 2.44.